The van der Waals surface area contributed by atoms with Gasteiger partial charge in [-0.1, -0.05) is 6.08 Å². The summed E-state index contributed by atoms with van der Waals surface area (Å²) in [7, 11) is 2.95. The van der Waals surface area contributed by atoms with E-state index >= 15 is 0 Å². The summed E-state index contributed by atoms with van der Waals surface area (Å²) in [6, 6.07) is 0. The van der Waals surface area contributed by atoms with E-state index in [1.807, 2.05) is 13.0 Å². The summed E-state index contributed by atoms with van der Waals surface area (Å²) in [5.74, 6) is -0.565. The van der Waals surface area contributed by atoms with Crippen molar-refractivity contribution in [1.29, 1.82) is 0 Å². The lowest BCUT2D eigenvalue weighted by Crippen LogP contribution is -2.30. The summed E-state index contributed by atoms with van der Waals surface area (Å²) in [4.78, 5) is 11.4. The van der Waals surface area contributed by atoms with E-state index < -0.39 is 0 Å². The first-order valence-corrected chi connectivity index (χ1v) is 5.58. The van der Waals surface area contributed by atoms with Gasteiger partial charge in [0.05, 0.1) is 25.7 Å². The van der Waals surface area contributed by atoms with E-state index in [0.717, 1.165) is 5.57 Å². The molecule has 0 saturated heterocycles. The number of rotatable bonds is 6. The van der Waals surface area contributed by atoms with Crippen LogP contribution in [0.15, 0.2) is 11.6 Å². The second-order valence-corrected chi connectivity index (χ2v) is 4.09. The number of esters is 1. The van der Waals surface area contributed by atoms with Crippen LogP contribution in [-0.4, -0.2) is 45.8 Å². The third-order valence-electron chi connectivity index (χ3n) is 2.73. The Labute approximate surface area is 102 Å². The molecular formula is C12H20O5. The van der Waals surface area contributed by atoms with Crippen molar-refractivity contribution in [3.8, 4) is 0 Å². The van der Waals surface area contributed by atoms with E-state index in [0.29, 0.717) is 6.61 Å². The minimum Gasteiger partial charge on any atom is -0.469 e. The van der Waals surface area contributed by atoms with Crippen LogP contribution in [0, 0.1) is 5.92 Å². The first-order chi connectivity index (χ1) is 8.10. The minimum absolute atomic E-state index is 0.123. The summed E-state index contributed by atoms with van der Waals surface area (Å²) in [5, 5.41) is 0. The number of ether oxygens (including phenoxy) is 4. The Morgan fingerprint density at radius 1 is 1.53 bits per heavy atom. The largest absolute Gasteiger partial charge is 0.469 e. The molecule has 0 aliphatic carbocycles. The SMILES string of the molecule is COCOC[C@@H]1C=C(C)[C@@H]([C@@H](C)C(=O)OC)O1. The van der Waals surface area contributed by atoms with Crippen LogP contribution >= 0.6 is 0 Å². The van der Waals surface area contributed by atoms with E-state index in [9.17, 15) is 4.79 Å². The monoisotopic (exact) mass is 244 g/mol. The van der Waals surface area contributed by atoms with Gasteiger partial charge in [0.2, 0.25) is 0 Å². The Hall–Kier alpha value is -0.910. The molecule has 0 aromatic rings. The molecule has 0 aromatic heterocycles. The molecule has 0 amide bonds. The fraction of sp³-hybridized carbons (Fsp3) is 0.750. The summed E-state index contributed by atoms with van der Waals surface area (Å²) in [5.41, 5.74) is 1.04. The van der Waals surface area contributed by atoms with Gasteiger partial charge in [-0.3, -0.25) is 4.79 Å². The van der Waals surface area contributed by atoms with Gasteiger partial charge in [-0.25, -0.2) is 0 Å². The first kappa shape index (κ1) is 14.2. The highest BCUT2D eigenvalue weighted by Crippen LogP contribution is 2.26. The normalized spacial score (nSPS) is 25.5. The highest BCUT2D eigenvalue weighted by atomic mass is 16.7. The Balaban J connectivity index is 2.46. The second-order valence-electron chi connectivity index (χ2n) is 4.09. The molecule has 0 unspecified atom stereocenters. The van der Waals surface area contributed by atoms with Crippen LogP contribution in [0.5, 0.6) is 0 Å². The molecule has 0 fully saturated rings. The molecule has 5 nitrogen and oxygen atoms in total. The number of carbonyl (C=O) groups is 1. The van der Waals surface area contributed by atoms with E-state index in [-0.39, 0.29) is 30.9 Å². The summed E-state index contributed by atoms with van der Waals surface area (Å²) in [6.45, 7) is 4.41. The van der Waals surface area contributed by atoms with E-state index in [2.05, 4.69) is 0 Å². The third kappa shape index (κ3) is 3.80. The zero-order valence-corrected chi connectivity index (χ0v) is 10.8. The van der Waals surface area contributed by atoms with Crippen LogP contribution in [0.1, 0.15) is 13.8 Å². The Morgan fingerprint density at radius 3 is 2.82 bits per heavy atom. The molecule has 1 rings (SSSR count). The van der Waals surface area contributed by atoms with Crippen LogP contribution in [0.3, 0.4) is 0 Å². The molecule has 0 spiro atoms. The van der Waals surface area contributed by atoms with Gasteiger partial charge in [0.25, 0.3) is 0 Å². The quantitative estimate of drug-likeness (QED) is 0.303. The molecule has 0 radical (unpaired) electrons. The Bertz CT molecular complexity index is 287. The fourth-order valence-corrected chi connectivity index (χ4v) is 1.88. The van der Waals surface area contributed by atoms with Crippen molar-refractivity contribution in [2.75, 3.05) is 27.6 Å². The van der Waals surface area contributed by atoms with Gasteiger partial charge in [0.1, 0.15) is 12.9 Å². The number of methoxy groups -OCH3 is 2. The van der Waals surface area contributed by atoms with Gasteiger partial charge in [0, 0.05) is 7.11 Å². The first-order valence-electron chi connectivity index (χ1n) is 5.58. The van der Waals surface area contributed by atoms with Crippen molar-refractivity contribution in [3.63, 3.8) is 0 Å². The molecule has 1 aliphatic heterocycles. The van der Waals surface area contributed by atoms with Crippen LogP contribution in [0.2, 0.25) is 0 Å². The third-order valence-corrected chi connectivity index (χ3v) is 2.73. The zero-order valence-electron chi connectivity index (χ0n) is 10.8. The summed E-state index contributed by atoms with van der Waals surface area (Å²) in [6.07, 6.45) is 1.63. The lowest BCUT2D eigenvalue weighted by molar-refractivity contribution is -0.150. The van der Waals surface area contributed by atoms with Gasteiger partial charge in [-0.15, -0.1) is 0 Å². The molecule has 5 heteroatoms. The fourth-order valence-electron chi connectivity index (χ4n) is 1.88. The second kappa shape index (κ2) is 6.74. The predicted octanol–water partition coefficient (Wildman–Crippen LogP) is 1.13. The topological polar surface area (TPSA) is 54.0 Å². The van der Waals surface area contributed by atoms with Crippen molar-refractivity contribution >= 4 is 5.97 Å². The molecule has 0 N–H and O–H groups in total. The van der Waals surface area contributed by atoms with Gasteiger partial charge >= 0.3 is 5.97 Å². The van der Waals surface area contributed by atoms with Crippen molar-refractivity contribution in [2.45, 2.75) is 26.1 Å². The highest BCUT2D eigenvalue weighted by Gasteiger charge is 2.33. The average Bonchev–Trinajstić information content (AvgIpc) is 2.69. The van der Waals surface area contributed by atoms with Crippen LogP contribution in [-0.2, 0) is 23.7 Å². The molecule has 0 aromatic carbocycles. The Morgan fingerprint density at radius 2 is 2.24 bits per heavy atom. The van der Waals surface area contributed by atoms with Gasteiger partial charge in [-0.05, 0) is 19.4 Å². The standard InChI is InChI=1S/C12H20O5/c1-8-5-10(6-16-7-14-3)17-11(8)9(2)12(13)15-4/h5,9-11H,6-7H2,1-4H3/t9-,10+,11+/m1/s1. The molecule has 17 heavy (non-hydrogen) atoms. The lowest BCUT2D eigenvalue weighted by atomic mass is 9.99. The average molecular weight is 244 g/mol. The maximum Gasteiger partial charge on any atom is 0.311 e. The maximum atomic E-state index is 11.4. The summed E-state index contributed by atoms with van der Waals surface area (Å²) >= 11 is 0. The zero-order chi connectivity index (χ0) is 12.8. The van der Waals surface area contributed by atoms with Crippen molar-refractivity contribution in [3.05, 3.63) is 11.6 Å². The van der Waals surface area contributed by atoms with Gasteiger partial charge in [0.15, 0.2) is 0 Å². The number of hydrogen-bond donors (Lipinski definition) is 0. The number of carbonyl (C=O) groups excluding carboxylic acids is 1. The van der Waals surface area contributed by atoms with Gasteiger partial charge < -0.3 is 18.9 Å². The van der Waals surface area contributed by atoms with E-state index in [1.165, 1.54) is 7.11 Å². The van der Waals surface area contributed by atoms with Gasteiger partial charge in [-0.2, -0.15) is 0 Å². The van der Waals surface area contributed by atoms with Crippen molar-refractivity contribution in [1.82, 2.24) is 0 Å². The molecule has 0 bridgehead atoms. The molecule has 1 aliphatic rings. The molecule has 1 heterocycles. The maximum absolute atomic E-state index is 11.4. The number of hydrogen-bond acceptors (Lipinski definition) is 5. The van der Waals surface area contributed by atoms with E-state index in [1.54, 1.807) is 14.0 Å². The van der Waals surface area contributed by atoms with Crippen LogP contribution in [0.25, 0.3) is 0 Å². The predicted molar refractivity (Wildman–Crippen MR) is 61.4 cm³/mol. The molecule has 98 valence electrons. The van der Waals surface area contributed by atoms with Crippen molar-refractivity contribution < 1.29 is 23.7 Å². The van der Waals surface area contributed by atoms with Crippen LogP contribution < -0.4 is 0 Å². The molecular weight excluding hydrogens is 224 g/mol. The minimum atomic E-state index is -0.302. The lowest BCUT2D eigenvalue weighted by Gasteiger charge is -2.20. The van der Waals surface area contributed by atoms with Crippen molar-refractivity contribution in [2.24, 2.45) is 5.92 Å². The smallest absolute Gasteiger partial charge is 0.311 e. The molecule has 0 saturated carbocycles. The van der Waals surface area contributed by atoms with Crippen LogP contribution in [0.4, 0.5) is 0 Å². The molecule has 3 atom stereocenters. The van der Waals surface area contributed by atoms with E-state index in [4.69, 9.17) is 18.9 Å². The summed E-state index contributed by atoms with van der Waals surface area (Å²) < 4.78 is 20.4. The Kier molecular flexibility index (Phi) is 5.61. The highest BCUT2D eigenvalue weighted by molar-refractivity contribution is 5.73.